The van der Waals surface area contributed by atoms with Gasteiger partial charge in [0.05, 0.1) is 23.6 Å². The van der Waals surface area contributed by atoms with E-state index in [0.29, 0.717) is 43.3 Å². The lowest BCUT2D eigenvalue weighted by molar-refractivity contribution is -0.677. The van der Waals surface area contributed by atoms with Crippen LogP contribution in [-0.2, 0) is 31.5 Å². The average Bonchev–Trinajstić information content (AvgIpc) is 3.48. The molecule has 2 aromatic carbocycles. The van der Waals surface area contributed by atoms with Crippen LogP contribution in [0.3, 0.4) is 0 Å². The molecule has 1 aliphatic heterocycles. The molecule has 0 saturated carbocycles. The van der Waals surface area contributed by atoms with E-state index in [1.807, 2.05) is 83.2 Å². The number of aryl methyl sites for hydroxylation is 1. The summed E-state index contributed by atoms with van der Waals surface area (Å²) < 4.78 is 78.5. The summed E-state index contributed by atoms with van der Waals surface area (Å²) in [6.45, 7) is 2.66. The first-order chi connectivity index (χ1) is 20.5. The van der Waals surface area contributed by atoms with Gasteiger partial charge in [-0.1, -0.05) is 55.5 Å². The van der Waals surface area contributed by atoms with Crippen LogP contribution in [0.25, 0.3) is 22.7 Å². The Morgan fingerprint density at radius 3 is 2.40 bits per heavy atom. The third-order valence-corrected chi connectivity index (χ3v) is 9.07. The minimum absolute atomic E-state index is 0.137. The van der Waals surface area contributed by atoms with Crippen LogP contribution in [0.1, 0.15) is 44.1 Å². The van der Waals surface area contributed by atoms with Crippen LogP contribution in [0, 0.1) is 0 Å². The van der Waals surface area contributed by atoms with Crippen LogP contribution in [-0.4, -0.2) is 54.9 Å². The molecule has 1 aromatic heterocycles. The maximum absolute atomic E-state index is 11.5. The van der Waals surface area contributed by atoms with Gasteiger partial charge < -0.3 is 14.1 Å². The summed E-state index contributed by atoms with van der Waals surface area (Å²) in [6.07, 6.45) is 9.48. The zero-order valence-corrected chi connectivity index (χ0v) is 25.4. The molecule has 2 heterocycles. The molecule has 0 bridgehead atoms. The topological polar surface area (TPSA) is 138 Å². The number of hydrogen-bond donors (Lipinski definition) is 2. The Labute approximate surface area is 251 Å². The molecule has 0 radical (unpaired) electrons. The van der Waals surface area contributed by atoms with Gasteiger partial charge in [0.15, 0.2) is 12.4 Å². The number of para-hydroxylation sites is 2. The molecule has 10 nitrogen and oxygen atoms in total. The van der Waals surface area contributed by atoms with Crippen molar-refractivity contribution in [2.45, 2.75) is 45.2 Å². The van der Waals surface area contributed by atoms with Crippen LogP contribution >= 0.6 is 0 Å². The highest BCUT2D eigenvalue weighted by Gasteiger charge is 2.37. The Kier molecular flexibility index (Phi) is 9.21. The number of oxazole rings is 1. The van der Waals surface area contributed by atoms with E-state index < -0.39 is 20.2 Å². The largest absolute Gasteiger partial charge is 0.443 e. The number of hydrogen-bond acceptors (Lipinski definition) is 7. The van der Waals surface area contributed by atoms with Crippen LogP contribution in [0.15, 0.2) is 94.5 Å². The van der Waals surface area contributed by atoms with Gasteiger partial charge in [-0.05, 0) is 41.7 Å². The quantitative estimate of drug-likeness (QED) is 0.210. The molecule has 2 aliphatic rings. The summed E-state index contributed by atoms with van der Waals surface area (Å²) in [4.78, 5) is 2.04. The fourth-order valence-corrected chi connectivity index (χ4v) is 6.38. The molecule has 1 atom stereocenters. The van der Waals surface area contributed by atoms with Gasteiger partial charge in [0, 0.05) is 31.5 Å². The average molecular weight is 628 g/mol. The predicted octanol–water partition coefficient (Wildman–Crippen LogP) is 4.98. The summed E-state index contributed by atoms with van der Waals surface area (Å²) in [5.41, 5.74) is 4.55. The van der Waals surface area contributed by atoms with Gasteiger partial charge in [0.2, 0.25) is 5.58 Å². The number of rotatable bonds is 12. The summed E-state index contributed by atoms with van der Waals surface area (Å²) in [5, 5.41) is 0. The number of fused-ring (bicyclic) bond motifs is 2. The molecule has 0 spiro atoms. The number of nitrogens with zero attached hydrogens (tertiary/aromatic N) is 2. The van der Waals surface area contributed by atoms with Gasteiger partial charge >= 0.3 is 5.89 Å². The molecule has 1 unspecified atom stereocenters. The van der Waals surface area contributed by atoms with Crippen LogP contribution in [0.4, 0.5) is 0 Å². The highest BCUT2D eigenvalue weighted by atomic mass is 32.2. The van der Waals surface area contributed by atoms with Gasteiger partial charge in [-0.15, -0.1) is 0 Å². The maximum atomic E-state index is 11.5. The first-order valence-corrected chi connectivity index (χ1v) is 17.4. The second-order valence-corrected chi connectivity index (χ2v) is 13.7. The third kappa shape index (κ3) is 7.82. The van der Waals surface area contributed by atoms with E-state index in [0.717, 1.165) is 28.0 Å². The number of benzene rings is 2. The van der Waals surface area contributed by atoms with E-state index in [9.17, 15) is 25.9 Å². The molecule has 5 rings (SSSR count). The van der Waals surface area contributed by atoms with Crippen molar-refractivity contribution < 1.29 is 39.7 Å². The molecule has 0 amide bonds. The van der Waals surface area contributed by atoms with Crippen molar-refractivity contribution >= 4 is 43.0 Å². The van der Waals surface area contributed by atoms with Crippen LogP contribution in [0.5, 0.6) is 0 Å². The maximum Gasteiger partial charge on any atom is 0.374 e. The van der Waals surface area contributed by atoms with E-state index in [-0.39, 0.29) is 30.4 Å². The van der Waals surface area contributed by atoms with Crippen molar-refractivity contribution in [1.82, 2.24) is 4.90 Å². The van der Waals surface area contributed by atoms with Crippen LogP contribution < -0.4 is 4.57 Å². The Morgan fingerprint density at radius 1 is 0.977 bits per heavy atom. The fraction of sp³-hybridized carbons (Fsp3) is 0.323. The predicted molar refractivity (Wildman–Crippen MR) is 164 cm³/mol. The Hall–Kier alpha value is -3.71. The molecule has 2 N–H and O–H groups in total. The Bertz CT molecular complexity index is 1820. The van der Waals surface area contributed by atoms with Gasteiger partial charge in [-0.25, -0.2) is 0 Å². The molecule has 12 heteroatoms. The lowest BCUT2D eigenvalue weighted by atomic mass is 9.93. The smallest absolute Gasteiger partial charge is 0.374 e. The molecule has 43 heavy (non-hydrogen) atoms. The normalized spacial score (nSPS) is 18.5. The highest BCUT2D eigenvalue weighted by molar-refractivity contribution is 7.86. The molecule has 1 fully saturated rings. The standard InChI is InChI=1S/C31H34N2O8S2/c1-2-23(20-30-32(16-8-18-42(34,35)36)26-12-6-7-13-28(26)40-30)21-31-33(17-9-19-43(37,38)39)27-22-25(14-15-29(27)41-31)24-10-4-3-5-11-24/h3-7,10-15,20-21,27H,2,8-9,16-19,22H2,1H3,(H-,34,35,36,37,38,39)/p+1. The minimum Gasteiger partial charge on any atom is -0.443 e. The van der Waals surface area contributed by atoms with E-state index >= 15 is 0 Å². The van der Waals surface area contributed by atoms with Gasteiger partial charge in [0.25, 0.3) is 25.8 Å². The monoisotopic (exact) mass is 627 g/mol. The zero-order chi connectivity index (χ0) is 30.6. The Balaban J connectivity index is 1.46. The number of allylic oxidation sites excluding steroid dienone is 4. The fourth-order valence-electron chi connectivity index (χ4n) is 5.39. The first kappa shape index (κ1) is 30.7. The van der Waals surface area contributed by atoms with E-state index in [1.54, 1.807) is 0 Å². The van der Waals surface area contributed by atoms with Crippen molar-refractivity contribution in [3.05, 3.63) is 101 Å². The minimum atomic E-state index is -4.11. The molecule has 228 valence electrons. The summed E-state index contributed by atoms with van der Waals surface area (Å²) in [6, 6.07) is 17.4. The lowest BCUT2D eigenvalue weighted by Crippen LogP contribution is -2.36. The van der Waals surface area contributed by atoms with Gasteiger partial charge in [0.1, 0.15) is 5.76 Å². The van der Waals surface area contributed by atoms with E-state index in [4.69, 9.17) is 9.15 Å². The van der Waals surface area contributed by atoms with E-state index in [1.165, 1.54) is 0 Å². The second kappa shape index (κ2) is 12.9. The van der Waals surface area contributed by atoms with Crippen molar-refractivity contribution in [3.8, 4) is 0 Å². The van der Waals surface area contributed by atoms with Crippen molar-refractivity contribution in [2.24, 2.45) is 0 Å². The summed E-state index contributed by atoms with van der Waals surface area (Å²) in [5.74, 6) is 1.12. The lowest BCUT2D eigenvalue weighted by Gasteiger charge is -2.27. The van der Waals surface area contributed by atoms with Crippen molar-refractivity contribution in [1.29, 1.82) is 0 Å². The van der Waals surface area contributed by atoms with Crippen LogP contribution in [0.2, 0.25) is 0 Å². The van der Waals surface area contributed by atoms with Gasteiger partial charge in [-0.3, -0.25) is 9.11 Å². The van der Waals surface area contributed by atoms with E-state index in [2.05, 4.69) is 12.1 Å². The second-order valence-electron chi connectivity index (χ2n) is 10.5. The molecule has 1 aliphatic carbocycles. The zero-order valence-electron chi connectivity index (χ0n) is 23.8. The molecule has 3 aromatic rings. The first-order valence-electron chi connectivity index (χ1n) is 14.2. The third-order valence-electron chi connectivity index (χ3n) is 7.46. The SMILES string of the molecule is CCC(=Cc1oc2ccccc2[n+]1CCCS(=O)(=O)O)C=C1OC2=CC=C(c3ccccc3)CC2N1CCCS(=O)(=O)O. The molecular formula is C31H35N2O8S2+. The van der Waals surface area contributed by atoms with Gasteiger partial charge in [-0.2, -0.15) is 21.4 Å². The summed E-state index contributed by atoms with van der Waals surface area (Å²) >= 11 is 0. The number of aromatic nitrogens is 1. The Morgan fingerprint density at radius 2 is 1.67 bits per heavy atom. The molecular weight excluding hydrogens is 592 g/mol. The summed E-state index contributed by atoms with van der Waals surface area (Å²) in [7, 11) is -8.21. The highest BCUT2D eigenvalue weighted by Crippen LogP contribution is 2.39. The van der Waals surface area contributed by atoms with Crippen molar-refractivity contribution in [2.75, 3.05) is 18.1 Å². The van der Waals surface area contributed by atoms with Crippen molar-refractivity contribution in [3.63, 3.8) is 0 Å². The molecule has 1 saturated heterocycles. The number of ether oxygens (including phenoxy) is 1.